The molecule has 0 spiro atoms. The van der Waals surface area contributed by atoms with Crippen LogP contribution in [0.4, 0.5) is 0 Å². The standard InChI is InChI=1S/C28H30N2O/c1-22-13-14-26-27(20-22)31-21-24-11-5-6-12-25(24)28(26)30-18-16-29(17-19-30)15-7-10-23-8-3-2-4-9-23/h2-14,20,28H,15-19,21H2,1H3/b10-7+. The monoisotopic (exact) mass is 410 g/mol. The van der Waals surface area contributed by atoms with E-state index in [0.717, 1.165) is 38.5 Å². The molecule has 1 saturated heterocycles. The maximum atomic E-state index is 6.25. The molecule has 3 nitrogen and oxygen atoms in total. The summed E-state index contributed by atoms with van der Waals surface area (Å²) in [5, 5.41) is 0. The SMILES string of the molecule is Cc1ccc2c(c1)OCc1ccccc1C2N1CCN(C/C=C/c2ccccc2)CC1. The van der Waals surface area contributed by atoms with Crippen LogP contribution in [0.5, 0.6) is 5.75 Å². The van der Waals surface area contributed by atoms with E-state index in [1.165, 1.54) is 27.8 Å². The van der Waals surface area contributed by atoms with Gasteiger partial charge >= 0.3 is 0 Å². The van der Waals surface area contributed by atoms with E-state index in [9.17, 15) is 0 Å². The quantitative estimate of drug-likeness (QED) is 0.580. The topological polar surface area (TPSA) is 15.7 Å². The molecule has 0 saturated carbocycles. The largest absolute Gasteiger partial charge is 0.489 e. The molecule has 2 aliphatic heterocycles. The molecular weight excluding hydrogens is 380 g/mol. The third kappa shape index (κ3) is 4.43. The van der Waals surface area contributed by atoms with Crippen LogP contribution < -0.4 is 4.74 Å². The lowest BCUT2D eigenvalue weighted by Gasteiger charge is -2.39. The van der Waals surface area contributed by atoms with Crippen LogP contribution >= 0.6 is 0 Å². The van der Waals surface area contributed by atoms with Crippen molar-refractivity contribution in [3.8, 4) is 5.75 Å². The van der Waals surface area contributed by atoms with Crippen molar-refractivity contribution in [2.45, 2.75) is 19.6 Å². The van der Waals surface area contributed by atoms with Crippen LogP contribution in [0, 0.1) is 6.92 Å². The first kappa shape index (κ1) is 20.0. The highest BCUT2D eigenvalue weighted by atomic mass is 16.5. The van der Waals surface area contributed by atoms with Gasteiger partial charge in [-0.05, 0) is 35.2 Å². The van der Waals surface area contributed by atoms with Crippen LogP contribution in [0.15, 0.2) is 78.9 Å². The molecule has 1 unspecified atom stereocenters. The molecule has 158 valence electrons. The van der Waals surface area contributed by atoms with E-state index in [1.807, 2.05) is 0 Å². The van der Waals surface area contributed by atoms with Gasteiger partial charge in [-0.15, -0.1) is 0 Å². The summed E-state index contributed by atoms with van der Waals surface area (Å²) in [5.74, 6) is 1.04. The Hall–Kier alpha value is -2.88. The molecule has 0 aromatic heterocycles. The summed E-state index contributed by atoms with van der Waals surface area (Å²) in [6, 6.07) is 26.3. The Morgan fingerprint density at radius 3 is 2.48 bits per heavy atom. The van der Waals surface area contributed by atoms with E-state index >= 15 is 0 Å². The molecule has 0 N–H and O–H groups in total. The van der Waals surface area contributed by atoms with E-state index < -0.39 is 0 Å². The Morgan fingerprint density at radius 2 is 1.65 bits per heavy atom. The number of nitrogens with zero attached hydrogens (tertiary/aromatic N) is 2. The fraction of sp³-hybridized carbons (Fsp3) is 0.286. The predicted molar refractivity (Wildman–Crippen MR) is 127 cm³/mol. The first-order valence-electron chi connectivity index (χ1n) is 11.3. The lowest BCUT2D eigenvalue weighted by Crippen LogP contribution is -2.47. The maximum Gasteiger partial charge on any atom is 0.125 e. The van der Waals surface area contributed by atoms with Gasteiger partial charge in [0.15, 0.2) is 0 Å². The van der Waals surface area contributed by atoms with Crippen molar-refractivity contribution in [1.82, 2.24) is 9.80 Å². The maximum absolute atomic E-state index is 6.25. The van der Waals surface area contributed by atoms with Crippen LogP contribution in [0.2, 0.25) is 0 Å². The summed E-state index contributed by atoms with van der Waals surface area (Å²) in [7, 11) is 0. The third-order valence-electron chi connectivity index (χ3n) is 6.44. The van der Waals surface area contributed by atoms with Crippen molar-refractivity contribution < 1.29 is 4.74 Å². The minimum absolute atomic E-state index is 0.260. The zero-order chi connectivity index (χ0) is 21.0. The van der Waals surface area contributed by atoms with Gasteiger partial charge < -0.3 is 4.74 Å². The zero-order valence-corrected chi connectivity index (χ0v) is 18.2. The van der Waals surface area contributed by atoms with E-state index in [1.54, 1.807) is 0 Å². The summed E-state index contributed by atoms with van der Waals surface area (Å²) in [6.45, 7) is 8.07. The molecule has 1 atom stereocenters. The highest BCUT2D eigenvalue weighted by Gasteiger charge is 2.31. The molecule has 0 bridgehead atoms. The zero-order valence-electron chi connectivity index (χ0n) is 18.2. The molecule has 0 radical (unpaired) electrons. The first-order chi connectivity index (χ1) is 15.3. The van der Waals surface area contributed by atoms with Crippen LogP contribution in [0.3, 0.4) is 0 Å². The number of hydrogen-bond acceptors (Lipinski definition) is 3. The lowest BCUT2D eigenvalue weighted by molar-refractivity contribution is 0.117. The summed E-state index contributed by atoms with van der Waals surface area (Å²) < 4.78 is 6.25. The Bertz CT molecular complexity index is 1050. The Labute approximate surface area is 185 Å². The molecule has 2 heterocycles. The van der Waals surface area contributed by atoms with E-state index in [0.29, 0.717) is 6.61 Å². The van der Waals surface area contributed by atoms with Gasteiger partial charge in [-0.25, -0.2) is 0 Å². The molecule has 3 aromatic rings. The Kier molecular flexibility index (Phi) is 5.88. The normalized spacial score (nSPS) is 19.5. The average Bonchev–Trinajstić information content (AvgIpc) is 2.97. The molecule has 3 heteroatoms. The molecule has 3 aromatic carbocycles. The van der Waals surface area contributed by atoms with Gasteiger partial charge in [-0.1, -0.05) is 78.9 Å². The van der Waals surface area contributed by atoms with E-state index in [4.69, 9.17) is 4.74 Å². The van der Waals surface area contributed by atoms with Gasteiger partial charge in [0.1, 0.15) is 12.4 Å². The fourth-order valence-corrected chi connectivity index (χ4v) is 4.75. The van der Waals surface area contributed by atoms with E-state index in [-0.39, 0.29) is 6.04 Å². The second-order valence-electron chi connectivity index (χ2n) is 8.58. The van der Waals surface area contributed by atoms with Gasteiger partial charge in [0, 0.05) is 38.3 Å². The number of fused-ring (bicyclic) bond motifs is 2. The molecule has 1 fully saturated rings. The number of aryl methyl sites for hydroxylation is 1. The summed E-state index contributed by atoms with van der Waals surface area (Å²) in [4.78, 5) is 5.18. The Balaban J connectivity index is 1.32. The van der Waals surface area contributed by atoms with Crippen LogP contribution in [0.25, 0.3) is 6.08 Å². The summed E-state index contributed by atoms with van der Waals surface area (Å²) in [6.07, 6.45) is 4.52. The van der Waals surface area contributed by atoms with Crippen molar-refractivity contribution in [2.75, 3.05) is 32.7 Å². The second-order valence-corrected chi connectivity index (χ2v) is 8.58. The van der Waals surface area contributed by atoms with Crippen LogP contribution in [-0.4, -0.2) is 42.5 Å². The average molecular weight is 411 g/mol. The third-order valence-corrected chi connectivity index (χ3v) is 6.44. The van der Waals surface area contributed by atoms with Crippen molar-refractivity contribution in [2.24, 2.45) is 0 Å². The number of rotatable bonds is 4. The highest BCUT2D eigenvalue weighted by molar-refractivity contribution is 5.49. The van der Waals surface area contributed by atoms with Gasteiger partial charge in [0.05, 0.1) is 6.04 Å². The van der Waals surface area contributed by atoms with Gasteiger partial charge in [-0.3, -0.25) is 9.80 Å². The van der Waals surface area contributed by atoms with Crippen molar-refractivity contribution in [1.29, 1.82) is 0 Å². The smallest absolute Gasteiger partial charge is 0.125 e. The molecule has 31 heavy (non-hydrogen) atoms. The predicted octanol–water partition coefficient (Wildman–Crippen LogP) is 5.31. The summed E-state index contributed by atoms with van der Waals surface area (Å²) in [5.41, 5.74) is 6.51. The highest BCUT2D eigenvalue weighted by Crippen LogP contribution is 2.40. The van der Waals surface area contributed by atoms with Gasteiger partial charge in [-0.2, -0.15) is 0 Å². The molecular formula is C28H30N2O. The minimum atomic E-state index is 0.260. The van der Waals surface area contributed by atoms with Gasteiger partial charge in [0.2, 0.25) is 0 Å². The van der Waals surface area contributed by atoms with Gasteiger partial charge in [0.25, 0.3) is 0 Å². The van der Waals surface area contributed by atoms with Crippen molar-refractivity contribution >= 4 is 6.08 Å². The second kappa shape index (κ2) is 9.09. The Morgan fingerprint density at radius 1 is 0.871 bits per heavy atom. The lowest BCUT2D eigenvalue weighted by atomic mass is 9.92. The molecule has 0 amide bonds. The summed E-state index contributed by atoms with van der Waals surface area (Å²) >= 11 is 0. The number of piperazine rings is 1. The first-order valence-corrected chi connectivity index (χ1v) is 11.3. The number of ether oxygens (including phenoxy) is 1. The minimum Gasteiger partial charge on any atom is -0.489 e. The fourth-order valence-electron chi connectivity index (χ4n) is 4.75. The molecule has 5 rings (SSSR count). The van der Waals surface area contributed by atoms with Crippen LogP contribution in [-0.2, 0) is 6.61 Å². The van der Waals surface area contributed by atoms with Crippen molar-refractivity contribution in [3.63, 3.8) is 0 Å². The van der Waals surface area contributed by atoms with Crippen LogP contribution in [0.1, 0.15) is 33.9 Å². The molecule has 2 aliphatic rings. The van der Waals surface area contributed by atoms with Crippen molar-refractivity contribution in [3.05, 3.63) is 107 Å². The number of hydrogen-bond donors (Lipinski definition) is 0. The number of benzene rings is 3. The molecule has 0 aliphatic carbocycles. The van der Waals surface area contributed by atoms with E-state index in [2.05, 4.69) is 102 Å².